The van der Waals surface area contributed by atoms with Crippen molar-refractivity contribution in [1.82, 2.24) is 15.5 Å². The van der Waals surface area contributed by atoms with Crippen LogP contribution in [0.15, 0.2) is 40.9 Å². The van der Waals surface area contributed by atoms with Gasteiger partial charge in [0.15, 0.2) is 0 Å². The van der Waals surface area contributed by atoms with Gasteiger partial charge in [-0.2, -0.15) is 4.98 Å². The molecule has 1 saturated carbocycles. The fraction of sp³-hybridized carbons (Fsp3) is 0.235. The normalized spacial score (nSPS) is 13.9. The largest absolute Gasteiger partial charge is 0.351 e. The van der Waals surface area contributed by atoms with Crippen molar-refractivity contribution in [2.45, 2.75) is 19.4 Å². The lowest BCUT2D eigenvalue weighted by Crippen LogP contribution is -2.23. The third-order valence-corrected chi connectivity index (χ3v) is 5.08. The molecule has 0 atom stereocenters. The predicted octanol–water partition coefficient (Wildman–Crippen LogP) is 4.14. The van der Waals surface area contributed by atoms with Crippen LogP contribution in [0.4, 0.5) is 0 Å². The average molecular weight is 360 g/mol. The second-order valence-electron chi connectivity index (χ2n) is 5.69. The number of rotatable bonds is 5. The Balaban J connectivity index is 1.47. The van der Waals surface area contributed by atoms with Gasteiger partial charge in [0, 0.05) is 21.4 Å². The Hall–Kier alpha value is -2.18. The van der Waals surface area contributed by atoms with Gasteiger partial charge in [-0.3, -0.25) is 4.79 Å². The van der Waals surface area contributed by atoms with Crippen LogP contribution in [0.5, 0.6) is 0 Å². The van der Waals surface area contributed by atoms with E-state index in [4.69, 9.17) is 16.1 Å². The number of carbonyl (C=O) groups is 1. The van der Waals surface area contributed by atoms with Gasteiger partial charge >= 0.3 is 0 Å². The van der Waals surface area contributed by atoms with Gasteiger partial charge in [0.2, 0.25) is 11.7 Å². The topological polar surface area (TPSA) is 68.0 Å². The number of nitrogens with zero attached hydrogens (tertiary/aromatic N) is 2. The first-order valence-electron chi connectivity index (χ1n) is 7.65. The first kappa shape index (κ1) is 15.4. The van der Waals surface area contributed by atoms with Crippen LogP contribution >= 0.6 is 22.9 Å². The van der Waals surface area contributed by atoms with Gasteiger partial charge in [0.25, 0.3) is 5.89 Å². The monoisotopic (exact) mass is 359 g/mol. The molecule has 24 heavy (non-hydrogen) atoms. The molecule has 1 aliphatic carbocycles. The minimum Gasteiger partial charge on any atom is -0.351 e. The number of halogens is 1. The van der Waals surface area contributed by atoms with Gasteiger partial charge in [-0.15, -0.1) is 11.3 Å². The van der Waals surface area contributed by atoms with Crippen LogP contribution in [0.25, 0.3) is 22.2 Å². The highest BCUT2D eigenvalue weighted by Crippen LogP contribution is 2.30. The lowest BCUT2D eigenvalue weighted by atomic mass is 10.2. The zero-order valence-electron chi connectivity index (χ0n) is 12.7. The summed E-state index contributed by atoms with van der Waals surface area (Å²) >= 11 is 7.53. The minimum atomic E-state index is 0.146. The maximum atomic E-state index is 11.7. The van der Waals surface area contributed by atoms with E-state index in [1.165, 1.54) is 0 Å². The van der Waals surface area contributed by atoms with Crippen LogP contribution in [-0.4, -0.2) is 16.0 Å². The van der Waals surface area contributed by atoms with Crippen LogP contribution in [0.1, 0.15) is 17.7 Å². The number of benzene rings is 1. The first-order valence-corrected chi connectivity index (χ1v) is 8.85. The van der Waals surface area contributed by atoms with E-state index >= 15 is 0 Å². The maximum Gasteiger partial charge on any atom is 0.258 e. The van der Waals surface area contributed by atoms with E-state index < -0.39 is 0 Å². The number of hydrogen-bond donors (Lipinski definition) is 1. The van der Waals surface area contributed by atoms with Gasteiger partial charge in [-0.1, -0.05) is 22.8 Å². The van der Waals surface area contributed by atoms with E-state index in [1.54, 1.807) is 23.5 Å². The third-order valence-electron chi connectivity index (χ3n) is 3.76. The minimum absolute atomic E-state index is 0.146. The molecule has 5 nitrogen and oxygen atoms in total. The summed E-state index contributed by atoms with van der Waals surface area (Å²) in [4.78, 5) is 18.1. The van der Waals surface area contributed by atoms with Crippen molar-refractivity contribution in [3.63, 3.8) is 0 Å². The molecule has 2 heterocycles. The van der Waals surface area contributed by atoms with Crippen molar-refractivity contribution in [2.24, 2.45) is 5.92 Å². The molecule has 0 aliphatic heterocycles. The number of hydrogen-bond acceptors (Lipinski definition) is 5. The van der Waals surface area contributed by atoms with E-state index in [-0.39, 0.29) is 11.8 Å². The average Bonchev–Trinajstić information content (AvgIpc) is 3.13. The third kappa shape index (κ3) is 3.34. The van der Waals surface area contributed by atoms with Crippen LogP contribution in [0, 0.1) is 5.92 Å². The zero-order chi connectivity index (χ0) is 16.5. The Morgan fingerprint density at radius 2 is 2.21 bits per heavy atom. The van der Waals surface area contributed by atoms with E-state index in [0.717, 1.165) is 28.2 Å². The summed E-state index contributed by atoms with van der Waals surface area (Å²) in [5, 5.41) is 7.61. The summed E-state index contributed by atoms with van der Waals surface area (Å²) in [6.45, 7) is 0.541. The van der Waals surface area contributed by atoms with Gasteiger partial charge < -0.3 is 9.84 Å². The maximum absolute atomic E-state index is 11.7. The van der Waals surface area contributed by atoms with E-state index in [2.05, 4.69) is 15.5 Å². The Labute approximate surface area is 147 Å². The molecule has 2 aromatic heterocycles. The quantitative estimate of drug-likeness (QED) is 0.743. The van der Waals surface area contributed by atoms with Crippen molar-refractivity contribution in [1.29, 1.82) is 0 Å². The van der Waals surface area contributed by atoms with Gasteiger partial charge in [-0.05, 0) is 43.2 Å². The Morgan fingerprint density at radius 3 is 3.00 bits per heavy atom. The SMILES string of the molecule is O=C(NCc1ccc(-c2noc(-c3cccc(Cl)c3)n2)s1)C1CC1. The lowest BCUT2D eigenvalue weighted by Gasteiger charge is -2.00. The highest BCUT2D eigenvalue weighted by atomic mass is 35.5. The summed E-state index contributed by atoms with van der Waals surface area (Å²) in [5.41, 5.74) is 0.787. The second kappa shape index (κ2) is 6.37. The number of amides is 1. The molecule has 0 bridgehead atoms. The number of carbonyl (C=O) groups excluding carboxylic acids is 1. The number of nitrogens with one attached hydrogen (secondary N) is 1. The molecule has 4 rings (SSSR count). The molecule has 1 aromatic carbocycles. The molecule has 1 amide bonds. The van der Waals surface area contributed by atoms with E-state index in [0.29, 0.717) is 23.3 Å². The second-order valence-corrected chi connectivity index (χ2v) is 7.30. The molecule has 0 spiro atoms. The summed E-state index contributed by atoms with van der Waals surface area (Å²) < 4.78 is 5.32. The predicted molar refractivity (Wildman–Crippen MR) is 92.6 cm³/mol. The standard InChI is InChI=1S/C17H14ClN3O2S/c18-12-3-1-2-11(8-12)17-20-15(21-23-17)14-7-6-13(24-14)9-19-16(22)10-4-5-10/h1-3,6-8,10H,4-5,9H2,(H,19,22). The number of aromatic nitrogens is 2. The highest BCUT2D eigenvalue weighted by Gasteiger charge is 2.29. The fourth-order valence-electron chi connectivity index (χ4n) is 2.32. The molecule has 7 heteroatoms. The van der Waals surface area contributed by atoms with Crippen molar-refractivity contribution >= 4 is 28.8 Å². The number of thiophene rings is 1. The molecule has 1 aliphatic rings. The molecule has 122 valence electrons. The van der Waals surface area contributed by atoms with Crippen LogP contribution < -0.4 is 5.32 Å². The Bertz CT molecular complexity index is 885. The van der Waals surface area contributed by atoms with Crippen LogP contribution in [0.3, 0.4) is 0 Å². The van der Waals surface area contributed by atoms with E-state index in [1.807, 2.05) is 24.3 Å². The van der Waals surface area contributed by atoms with Crippen molar-refractivity contribution in [3.05, 3.63) is 46.3 Å². The summed E-state index contributed by atoms with van der Waals surface area (Å²) in [7, 11) is 0. The van der Waals surface area contributed by atoms with E-state index in [9.17, 15) is 4.79 Å². The molecular weight excluding hydrogens is 346 g/mol. The molecule has 0 saturated heterocycles. The van der Waals surface area contributed by atoms with Crippen molar-refractivity contribution < 1.29 is 9.32 Å². The molecular formula is C17H14ClN3O2S. The molecule has 1 fully saturated rings. The molecule has 3 aromatic rings. The van der Waals surface area contributed by atoms with Gasteiger partial charge in [0.1, 0.15) is 0 Å². The smallest absolute Gasteiger partial charge is 0.258 e. The molecule has 0 unspecified atom stereocenters. The summed E-state index contributed by atoms with van der Waals surface area (Å²) in [6, 6.07) is 11.2. The van der Waals surface area contributed by atoms with Crippen LogP contribution in [0.2, 0.25) is 5.02 Å². The Morgan fingerprint density at radius 1 is 1.33 bits per heavy atom. The van der Waals surface area contributed by atoms with Crippen molar-refractivity contribution in [2.75, 3.05) is 0 Å². The molecule has 1 N–H and O–H groups in total. The summed E-state index contributed by atoms with van der Waals surface area (Å²) in [6.07, 6.45) is 2.02. The first-order chi connectivity index (χ1) is 11.7. The molecule has 0 radical (unpaired) electrons. The zero-order valence-corrected chi connectivity index (χ0v) is 14.2. The van der Waals surface area contributed by atoms with Crippen molar-refractivity contribution in [3.8, 4) is 22.2 Å². The van der Waals surface area contributed by atoms with Crippen LogP contribution in [-0.2, 0) is 11.3 Å². The summed E-state index contributed by atoms with van der Waals surface area (Å²) in [5.74, 6) is 1.34. The Kier molecular flexibility index (Phi) is 4.08. The van der Waals surface area contributed by atoms with Gasteiger partial charge in [0.05, 0.1) is 11.4 Å². The lowest BCUT2D eigenvalue weighted by molar-refractivity contribution is -0.122. The highest BCUT2D eigenvalue weighted by molar-refractivity contribution is 7.15. The van der Waals surface area contributed by atoms with Gasteiger partial charge in [-0.25, -0.2) is 0 Å². The fourth-order valence-corrected chi connectivity index (χ4v) is 3.38.